The molecule has 0 aliphatic carbocycles. The van der Waals surface area contributed by atoms with Gasteiger partial charge in [0.15, 0.2) is 0 Å². The first-order valence-electron chi connectivity index (χ1n) is 7.72. The molecule has 0 saturated carbocycles. The smallest absolute Gasteiger partial charge is 0.0189 e. The first kappa shape index (κ1) is 17.5. The summed E-state index contributed by atoms with van der Waals surface area (Å²) in [6.07, 6.45) is 0. The number of benzene rings is 2. The normalized spacial score (nSPS) is 12.5. The van der Waals surface area contributed by atoms with Gasteiger partial charge in [0, 0.05) is 9.79 Å². The molecule has 0 fully saturated rings. The summed E-state index contributed by atoms with van der Waals surface area (Å²) in [6, 6.07) is 17.8. The van der Waals surface area contributed by atoms with Crippen molar-refractivity contribution in [3.63, 3.8) is 0 Å². The highest BCUT2D eigenvalue weighted by molar-refractivity contribution is 8.76. The Morgan fingerprint density at radius 1 is 0.591 bits per heavy atom. The predicted octanol–water partition coefficient (Wildman–Crippen LogP) is 7.08. The maximum Gasteiger partial charge on any atom is 0.0189 e. The second kappa shape index (κ2) is 6.72. The number of hydrogen-bond donors (Lipinski definition) is 0. The Morgan fingerprint density at radius 3 is 1.27 bits per heavy atom. The maximum atomic E-state index is 2.31. The van der Waals surface area contributed by atoms with E-state index in [4.69, 9.17) is 0 Å². The van der Waals surface area contributed by atoms with Gasteiger partial charge in [-0.05, 0) is 46.2 Å². The molecule has 0 amide bonds. The van der Waals surface area contributed by atoms with Crippen molar-refractivity contribution >= 4 is 21.6 Å². The van der Waals surface area contributed by atoms with Crippen molar-refractivity contribution in [1.82, 2.24) is 0 Å². The van der Waals surface area contributed by atoms with Gasteiger partial charge < -0.3 is 0 Å². The molecular formula is C20H26S2. The van der Waals surface area contributed by atoms with Crippen LogP contribution in [0.25, 0.3) is 0 Å². The highest BCUT2D eigenvalue weighted by Crippen LogP contribution is 2.39. The molecule has 0 heterocycles. The van der Waals surface area contributed by atoms with Crippen LogP contribution in [0.3, 0.4) is 0 Å². The maximum absolute atomic E-state index is 2.31. The first-order valence-corrected chi connectivity index (χ1v) is 9.87. The van der Waals surface area contributed by atoms with Crippen LogP contribution in [-0.2, 0) is 10.8 Å². The fourth-order valence-corrected chi connectivity index (χ4v) is 4.14. The van der Waals surface area contributed by atoms with E-state index in [0.29, 0.717) is 0 Å². The molecule has 2 heteroatoms. The van der Waals surface area contributed by atoms with Gasteiger partial charge in [0.1, 0.15) is 0 Å². The van der Waals surface area contributed by atoms with Crippen LogP contribution in [0.4, 0.5) is 0 Å². The lowest BCUT2D eigenvalue weighted by atomic mass is 9.87. The Kier molecular flexibility index (Phi) is 5.34. The van der Waals surface area contributed by atoms with E-state index in [-0.39, 0.29) is 10.8 Å². The molecule has 22 heavy (non-hydrogen) atoms. The molecule has 0 spiro atoms. The second-order valence-corrected chi connectivity index (χ2v) is 10.00. The largest absolute Gasteiger partial charge is 0.0608 e. The molecule has 0 atom stereocenters. The van der Waals surface area contributed by atoms with Crippen LogP contribution in [0.1, 0.15) is 52.7 Å². The molecule has 0 radical (unpaired) electrons. The third-order valence-corrected chi connectivity index (χ3v) is 6.02. The minimum atomic E-state index is 0.202. The van der Waals surface area contributed by atoms with Gasteiger partial charge in [-0.1, -0.05) is 87.4 Å². The van der Waals surface area contributed by atoms with Gasteiger partial charge in [-0.2, -0.15) is 0 Å². The standard InChI is InChI=1S/C20H26S2/c1-19(2,3)15-9-7-11-17(13-15)21-22-18-12-8-10-16(14-18)20(4,5)6/h7-14H,1-6H3. The van der Waals surface area contributed by atoms with Gasteiger partial charge in [-0.25, -0.2) is 0 Å². The molecule has 0 aromatic heterocycles. The predicted molar refractivity (Wildman–Crippen MR) is 102 cm³/mol. The highest BCUT2D eigenvalue weighted by Gasteiger charge is 2.15. The summed E-state index contributed by atoms with van der Waals surface area (Å²) in [5.41, 5.74) is 3.18. The van der Waals surface area contributed by atoms with E-state index >= 15 is 0 Å². The fraction of sp³-hybridized carbons (Fsp3) is 0.400. The Bertz CT molecular complexity index is 573. The summed E-state index contributed by atoms with van der Waals surface area (Å²) < 4.78 is 0. The van der Waals surface area contributed by atoms with E-state index in [0.717, 1.165) is 0 Å². The van der Waals surface area contributed by atoms with Gasteiger partial charge in [0.05, 0.1) is 0 Å². The monoisotopic (exact) mass is 330 g/mol. The van der Waals surface area contributed by atoms with E-state index in [2.05, 4.69) is 90.1 Å². The highest BCUT2D eigenvalue weighted by atomic mass is 33.1. The molecule has 0 aliphatic rings. The van der Waals surface area contributed by atoms with Crippen molar-refractivity contribution in [2.24, 2.45) is 0 Å². The van der Waals surface area contributed by atoms with Gasteiger partial charge in [-0.15, -0.1) is 0 Å². The van der Waals surface area contributed by atoms with E-state index in [1.165, 1.54) is 20.9 Å². The molecular weight excluding hydrogens is 304 g/mol. The van der Waals surface area contributed by atoms with Crippen LogP contribution in [0.2, 0.25) is 0 Å². The second-order valence-electron chi connectivity index (χ2n) is 7.72. The van der Waals surface area contributed by atoms with E-state index in [9.17, 15) is 0 Å². The van der Waals surface area contributed by atoms with Crippen LogP contribution in [0.15, 0.2) is 58.3 Å². The zero-order valence-corrected chi connectivity index (χ0v) is 16.1. The molecule has 0 bridgehead atoms. The van der Waals surface area contributed by atoms with Crippen molar-refractivity contribution < 1.29 is 0 Å². The Balaban J connectivity index is 2.11. The Labute approximate surface area is 143 Å². The van der Waals surface area contributed by atoms with Gasteiger partial charge in [0.25, 0.3) is 0 Å². The summed E-state index contributed by atoms with van der Waals surface area (Å²) >= 11 is 0. The molecule has 0 unspecified atom stereocenters. The number of hydrogen-bond acceptors (Lipinski definition) is 2. The van der Waals surface area contributed by atoms with Crippen LogP contribution >= 0.6 is 21.6 Å². The average Bonchev–Trinajstić information content (AvgIpc) is 2.44. The molecule has 0 N–H and O–H groups in total. The third kappa shape index (κ3) is 4.82. The lowest BCUT2D eigenvalue weighted by molar-refractivity contribution is 0.588. The molecule has 0 nitrogen and oxygen atoms in total. The Hall–Kier alpha value is -0.860. The quantitative estimate of drug-likeness (QED) is 0.551. The van der Waals surface area contributed by atoms with Crippen molar-refractivity contribution in [3.05, 3.63) is 59.7 Å². The van der Waals surface area contributed by atoms with Gasteiger partial charge in [-0.3, -0.25) is 0 Å². The lowest BCUT2D eigenvalue weighted by Gasteiger charge is -2.20. The zero-order chi connectivity index (χ0) is 16.4. The molecule has 2 aromatic carbocycles. The molecule has 2 aromatic rings. The fourth-order valence-electron chi connectivity index (χ4n) is 2.13. The molecule has 0 aliphatic heterocycles. The minimum absolute atomic E-state index is 0.202. The van der Waals surface area contributed by atoms with Crippen LogP contribution in [-0.4, -0.2) is 0 Å². The average molecular weight is 331 g/mol. The zero-order valence-electron chi connectivity index (χ0n) is 14.4. The summed E-state index contributed by atoms with van der Waals surface area (Å²) in [4.78, 5) is 2.64. The number of rotatable bonds is 3. The summed E-state index contributed by atoms with van der Waals surface area (Å²) in [5.74, 6) is 0. The van der Waals surface area contributed by atoms with Crippen LogP contribution < -0.4 is 0 Å². The lowest BCUT2D eigenvalue weighted by Crippen LogP contribution is -2.10. The van der Waals surface area contributed by atoms with Crippen molar-refractivity contribution in [3.8, 4) is 0 Å². The summed E-state index contributed by atoms with van der Waals surface area (Å²) in [5, 5.41) is 0. The van der Waals surface area contributed by atoms with Crippen molar-refractivity contribution in [1.29, 1.82) is 0 Å². The first-order chi connectivity index (χ1) is 10.2. The van der Waals surface area contributed by atoms with Crippen LogP contribution in [0, 0.1) is 0 Å². The minimum Gasteiger partial charge on any atom is -0.0608 e. The van der Waals surface area contributed by atoms with E-state index in [1.54, 1.807) is 0 Å². The summed E-state index contributed by atoms with van der Waals surface area (Å²) in [7, 11) is 3.68. The molecule has 0 saturated heterocycles. The topological polar surface area (TPSA) is 0 Å². The van der Waals surface area contributed by atoms with Crippen molar-refractivity contribution in [2.75, 3.05) is 0 Å². The molecule has 2 rings (SSSR count). The third-order valence-electron chi connectivity index (χ3n) is 3.63. The van der Waals surface area contributed by atoms with E-state index < -0.39 is 0 Å². The van der Waals surface area contributed by atoms with Gasteiger partial charge in [0.2, 0.25) is 0 Å². The van der Waals surface area contributed by atoms with Gasteiger partial charge >= 0.3 is 0 Å². The molecule has 118 valence electrons. The van der Waals surface area contributed by atoms with Crippen LogP contribution in [0.5, 0.6) is 0 Å². The SMILES string of the molecule is CC(C)(C)c1cccc(SSc2cccc(C(C)(C)C)c2)c1. The Morgan fingerprint density at radius 2 is 0.955 bits per heavy atom. The van der Waals surface area contributed by atoms with Crippen molar-refractivity contribution in [2.45, 2.75) is 62.2 Å². The van der Waals surface area contributed by atoms with E-state index in [1.807, 2.05) is 21.6 Å². The summed E-state index contributed by atoms with van der Waals surface area (Å²) in [6.45, 7) is 13.6.